The van der Waals surface area contributed by atoms with Gasteiger partial charge in [-0.15, -0.1) is 0 Å². The number of carbonyl (C=O) groups excluding carboxylic acids is 1. The highest BCUT2D eigenvalue weighted by atomic mass is 16.5. The molecule has 2 heterocycles. The molecule has 26 heavy (non-hydrogen) atoms. The first-order chi connectivity index (χ1) is 12.6. The summed E-state index contributed by atoms with van der Waals surface area (Å²) in [6, 6.07) is 9.40. The van der Waals surface area contributed by atoms with Crippen LogP contribution in [-0.4, -0.2) is 42.8 Å². The summed E-state index contributed by atoms with van der Waals surface area (Å²) < 4.78 is 5.45. The van der Waals surface area contributed by atoms with Crippen molar-refractivity contribution in [3.05, 3.63) is 35.4 Å². The molecule has 0 radical (unpaired) electrons. The molecular formula is C22H28N2O2. The molecule has 2 saturated heterocycles. The van der Waals surface area contributed by atoms with Gasteiger partial charge in [-0.05, 0) is 60.0 Å². The Morgan fingerprint density at radius 2 is 1.92 bits per heavy atom. The standard InChI is InChI=1S/C22H28N2O2/c1-21-11-24(20(25)17-8-22(9-17)12-26-13-23-22)10-18(21)19(21)16-6-4-15(5-7-16)14-2-3-14/h4-7,14,17-19,23H,2-3,8-13H2,1H3/t17?,18-,19-,21-,22?/m0/s1. The number of hydrogen-bond donors (Lipinski definition) is 1. The van der Waals surface area contributed by atoms with Crippen molar-refractivity contribution in [2.75, 3.05) is 26.4 Å². The molecular weight excluding hydrogens is 324 g/mol. The van der Waals surface area contributed by atoms with Crippen molar-refractivity contribution in [1.82, 2.24) is 10.2 Å². The van der Waals surface area contributed by atoms with E-state index in [0.29, 0.717) is 29.9 Å². The molecule has 3 saturated carbocycles. The number of carbonyl (C=O) groups is 1. The molecule has 1 amide bonds. The van der Waals surface area contributed by atoms with E-state index in [9.17, 15) is 4.79 Å². The molecule has 3 aliphatic carbocycles. The van der Waals surface area contributed by atoms with Gasteiger partial charge < -0.3 is 9.64 Å². The van der Waals surface area contributed by atoms with E-state index in [0.717, 1.165) is 38.5 Å². The smallest absolute Gasteiger partial charge is 0.225 e. The van der Waals surface area contributed by atoms with Crippen LogP contribution < -0.4 is 5.32 Å². The van der Waals surface area contributed by atoms with Gasteiger partial charge in [-0.1, -0.05) is 31.2 Å². The van der Waals surface area contributed by atoms with Crippen molar-refractivity contribution in [2.24, 2.45) is 17.3 Å². The highest BCUT2D eigenvalue weighted by Gasteiger charge is 2.67. The second-order valence-electron chi connectivity index (χ2n) is 9.80. The SMILES string of the molecule is C[C@]12CN(C(=O)C3CC4(COCN4)C3)C[C@H]1[C@@H]2c1ccc(C2CC2)cc1. The van der Waals surface area contributed by atoms with E-state index in [1.165, 1.54) is 24.0 Å². The maximum atomic E-state index is 12.9. The number of nitrogens with zero attached hydrogens (tertiary/aromatic N) is 1. The zero-order valence-corrected chi connectivity index (χ0v) is 15.5. The van der Waals surface area contributed by atoms with Gasteiger partial charge in [-0.2, -0.15) is 0 Å². The van der Waals surface area contributed by atoms with E-state index in [2.05, 4.69) is 41.4 Å². The van der Waals surface area contributed by atoms with Gasteiger partial charge >= 0.3 is 0 Å². The third kappa shape index (κ3) is 2.18. The number of piperidine rings is 1. The molecule has 4 nitrogen and oxygen atoms in total. The lowest BCUT2D eigenvalue weighted by Gasteiger charge is -2.44. The summed E-state index contributed by atoms with van der Waals surface area (Å²) in [6.07, 6.45) is 4.64. The number of rotatable bonds is 3. The molecule has 3 atom stereocenters. The summed E-state index contributed by atoms with van der Waals surface area (Å²) in [5.41, 5.74) is 3.42. The minimum atomic E-state index is 0.110. The summed E-state index contributed by atoms with van der Waals surface area (Å²) in [5.74, 6) is 2.73. The van der Waals surface area contributed by atoms with Crippen LogP contribution in [0.4, 0.5) is 0 Å². The highest BCUT2D eigenvalue weighted by Crippen LogP contribution is 2.68. The lowest BCUT2D eigenvalue weighted by Crippen LogP contribution is -2.57. The van der Waals surface area contributed by atoms with E-state index in [4.69, 9.17) is 4.74 Å². The van der Waals surface area contributed by atoms with Crippen LogP contribution in [0.15, 0.2) is 24.3 Å². The Bertz CT molecular complexity index is 742. The summed E-state index contributed by atoms with van der Waals surface area (Å²) in [5, 5.41) is 3.42. The van der Waals surface area contributed by atoms with Crippen LogP contribution in [0, 0.1) is 17.3 Å². The van der Waals surface area contributed by atoms with Gasteiger partial charge in [0.25, 0.3) is 0 Å². The third-order valence-electron chi connectivity index (χ3n) is 8.01. The first kappa shape index (κ1) is 15.6. The first-order valence-electron chi connectivity index (χ1n) is 10.3. The number of hydrogen-bond acceptors (Lipinski definition) is 3. The van der Waals surface area contributed by atoms with Gasteiger partial charge in [-0.3, -0.25) is 10.1 Å². The van der Waals surface area contributed by atoms with E-state index >= 15 is 0 Å². The number of fused-ring (bicyclic) bond motifs is 1. The lowest BCUT2D eigenvalue weighted by atomic mass is 9.68. The number of amides is 1. The van der Waals surface area contributed by atoms with Crippen LogP contribution in [0.25, 0.3) is 0 Å². The van der Waals surface area contributed by atoms with Crippen LogP contribution >= 0.6 is 0 Å². The molecule has 0 aromatic heterocycles. The minimum absolute atomic E-state index is 0.110. The summed E-state index contributed by atoms with van der Waals surface area (Å²) >= 11 is 0. The van der Waals surface area contributed by atoms with Gasteiger partial charge in [0.05, 0.1) is 13.3 Å². The summed E-state index contributed by atoms with van der Waals surface area (Å²) in [4.78, 5) is 15.1. The molecule has 0 bridgehead atoms. The molecule has 1 spiro atoms. The van der Waals surface area contributed by atoms with E-state index < -0.39 is 0 Å². The normalized spacial score (nSPS) is 43.4. The van der Waals surface area contributed by atoms with Gasteiger partial charge in [0.15, 0.2) is 0 Å². The van der Waals surface area contributed by atoms with Crippen LogP contribution in [0.3, 0.4) is 0 Å². The van der Waals surface area contributed by atoms with Crippen LogP contribution in [0.1, 0.15) is 55.6 Å². The van der Waals surface area contributed by atoms with Crippen molar-refractivity contribution in [3.8, 4) is 0 Å². The second kappa shape index (κ2) is 5.11. The molecule has 5 aliphatic rings. The molecule has 0 unspecified atom stereocenters. The van der Waals surface area contributed by atoms with E-state index in [-0.39, 0.29) is 11.5 Å². The number of likely N-dealkylation sites (tertiary alicyclic amines) is 1. The molecule has 1 N–H and O–H groups in total. The fraction of sp³-hybridized carbons (Fsp3) is 0.682. The maximum Gasteiger partial charge on any atom is 0.225 e. The fourth-order valence-electron chi connectivity index (χ4n) is 6.16. The molecule has 5 fully saturated rings. The van der Waals surface area contributed by atoms with Crippen molar-refractivity contribution < 1.29 is 9.53 Å². The molecule has 4 heteroatoms. The Kier molecular flexibility index (Phi) is 3.07. The Labute approximate surface area is 155 Å². The predicted molar refractivity (Wildman–Crippen MR) is 98.7 cm³/mol. The first-order valence-corrected chi connectivity index (χ1v) is 10.3. The van der Waals surface area contributed by atoms with E-state index in [1.807, 2.05) is 0 Å². The Hall–Kier alpha value is -1.39. The second-order valence-corrected chi connectivity index (χ2v) is 9.80. The van der Waals surface area contributed by atoms with Gasteiger partial charge in [0.1, 0.15) is 0 Å². The minimum Gasteiger partial charge on any atom is -0.364 e. The maximum absolute atomic E-state index is 12.9. The summed E-state index contributed by atoms with van der Waals surface area (Å²) in [7, 11) is 0. The molecule has 1 aromatic rings. The van der Waals surface area contributed by atoms with Crippen LogP contribution in [0.2, 0.25) is 0 Å². The zero-order valence-electron chi connectivity index (χ0n) is 15.5. The summed E-state index contributed by atoms with van der Waals surface area (Å²) in [6.45, 7) is 5.71. The Balaban J connectivity index is 1.09. The van der Waals surface area contributed by atoms with E-state index in [1.54, 1.807) is 0 Å². The molecule has 6 rings (SSSR count). The van der Waals surface area contributed by atoms with Crippen molar-refractivity contribution >= 4 is 5.91 Å². The Morgan fingerprint density at radius 1 is 1.19 bits per heavy atom. The van der Waals surface area contributed by atoms with Gasteiger partial charge in [0, 0.05) is 24.5 Å². The molecule has 138 valence electrons. The largest absolute Gasteiger partial charge is 0.364 e. The third-order valence-corrected chi connectivity index (χ3v) is 8.01. The average molecular weight is 352 g/mol. The topological polar surface area (TPSA) is 41.6 Å². The number of ether oxygens (including phenoxy) is 1. The molecule has 2 aliphatic heterocycles. The number of nitrogens with one attached hydrogen (secondary N) is 1. The zero-order chi connectivity index (χ0) is 17.5. The predicted octanol–water partition coefficient (Wildman–Crippen LogP) is 2.85. The van der Waals surface area contributed by atoms with Crippen LogP contribution in [0.5, 0.6) is 0 Å². The monoisotopic (exact) mass is 352 g/mol. The lowest BCUT2D eigenvalue weighted by molar-refractivity contribution is -0.140. The van der Waals surface area contributed by atoms with Crippen molar-refractivity contribution in [1.29, 1.82) is 0 Å². The van der Waals surface area contributed by atoms with Crippen LogP contribution in [-0.2, 0) is 9.53 Å². The van der Waals surface area contributed by atoms with Crippen molar-refractivity contribution in [3.63, 3.8) is 0 Å². The van der Waals surface area contributed by atoms with Crippen molar-refractivity contribution in [2.45, 2.75) is 50.0 Å². The number of benzene rings is 1. The average Bonchev–Trinajstić information content (AvgIpc) is 3.44. The fourth-order valence-corrected chi connectivity index (χ4v) is 6.16. The highest BCUT2D eigenvalue weighted by molar-refractivity contribution is 5.81. The van der Waals surface area contributed by atoms with Gasteiger partial charge in [0.2, 0.25) is 5.91 Å². The Morgan fingerprint density at radius 3 is 2.50 bits per heavy atom. The van der Waals surface area contributed by atoms with Gasteiger partial charge in [-0.25, -0.2) is 0 Å². The quantitative estimate of drug-likeness (QED) is 0.909. The molecule has 1 aromatic carbocycles.